The van der Waals surface area contributed by atoms with Gasteiger partial charge in [0, 0.05) is 16.8 Å². The zero-order valence-corrected chi connectivity index (χ0v) is 14.3. The number of benzene rings is 2. The van der Waals surface area contributed by atoms with Crippen LogP contribution < -0.4 is 15.4 Å². The number of thiocarbonyl (C=S) groups is 1. The molecule has 5 nitrogen and oxygen atoms in total. The monoisotopic (exact) mass is 342 g/mol. The summed E-state index contributed by atoms with van der Waals surface area (Å²) < 4.78 is 5.37. The van der Waals surface area contributed by atoms with Crippen molar-refractivity contribution < 1.29 is 14.3 Å². The highest BCUT2D eigenvalue weighted by Gasteiger charge is 2.09. The minimum absolute atomic E-state index is 0.00777. The number of nitrogens with one attached hydrogen (secondary N) is 2. The van der Waals surface area contributed by atoms with Crippen LogP contribution in [0.2, 0.25) is 0 Å². The molecule has 0 spiro atoms. The summed E-state index contributed by atoms with van der Waals surface area (Å²) in [4.78, 5) is 23.4. The molecule has 2 N–H and O–H groups in total. The summed E-state index contributed by atoms with van der Waals surface area (Å²) in [6, 6.07) is 13.7. The highest BCUT2D eigenvalue weighted by Crippen LogP contribution is 2.13. The Kier molecular flexibility index (Phi) is 6.03. The average Bonchev–Trinajstić information content (AvgIpc) is 2.55. The van der Waals surface area contributed by atoms with Gasteiger partial charge in [-0.2, -0.15) is 0 Å². The summed E-state index contributed by atoms with van der Waals surface area (Å²) in [5.74, 6) is 0.296. The Morgan fingerprint density at radius 3 is 2.42 bits per heavy atom. The topological polar surface area (TPSA) is 67.4 Å². The van der Waals surface area contributed by atoms with Crippen LogP contribution in [0.3, 0.4) is 0 Å². The van der Waals surface area contributed by atoms with Gasteiger partial charge in [-0.3, -0.25) is 14.9 Å². The van der Waals surface area contributed by atoms with E-state index in [2.05, 4.69) is 10.6 Å². The highest BCUT2D eigenvalue weighted by atomic mass is 32.1. The summed E-state index contributed by atoms with van der Waals surface area (Å²) >= 11 is 5.14. The molecule has 0 saturated heterocycles. The van der Waals surface area contributed by atoms with Gasteiger partial charge in [0.1, 0.15) is 5.75 Å². The zero-order chi connectivity index (χ0) is 17.5. The van der Waals surface area contributed by atoms with Crippen molar-refractivity contribution in [2.75, 3.05) is 11.9 Å². The first-order valence-electron chi connectivity index (χ1n) is 7.46. The van der Waals surface area contributed by atoms with E-state index >= 15 is 0 Å². The third-order valence-corrected chi connectivity index (χ3v) is 3.39. The third-order valence-electron chi connectivity index (χ3n) is 3.18. The summed E-state index contributed by atoms with van der Waals surface area (Å²) in [5.41, 5.74) is 1.76. The van der Waals surface area contributed by atoms with Gasteiger partial charge in [0.05, 0.1) is 6.61 Å². The van der Waals surface area contributed by atoms with Gasteiger partial charge < -0.3 is 10.1 Å². The minimum atomic E-state index is -0.325. The maximum Gasteiger partial charge on any atom is 0.257 e. The molecular weight excluding hydrogens is 324 g/mol. The fourth-order valence-electron chi connectivity index (χ4n) is 2.02. The quantitative estimate of drug-likeness (QED) is 0.644. The van der Waals surface area contributed by atoms with E-state index in [1.165, 1.54) is 6.92 Å². The molecule has 24 heavy (non-hydrogen) atoms. The molecule has 1 amide bonds. The van der Waals surface area contributed by atoms with Crippen molar-refractivity contribution in [3.05, 3.63) is 59.7 Å². The Bertz CT molecular complexity index is 757. The van der Waals surface area contributed by atoms with E-state index in [0.29, 0.717) is 29.2 Å². The number of rotatable bonds is 5. The normalized spacial score (nSPS) is 9.92. The first kappa shape index (κ1) is 17.6. The molecule has 0 atom stereocenters. The Morgan fingerprint density at radius 1 is 1.08 bits per heavy atom. The molecule has 0 aliphatic heterocycles. The SMILES string of the molecule is CCOc1cccc(C(=O)NC(=S)Nc2ccc(C(C)=O)cc2)c1. The van der Waals surface area contributed by atoms with E-state index in [1.807, 2.05) is 6.92 Å². The fourth-order valence-corrected chi connectivity index (χ4v) is 2.23. The van der Waals surface area contributed by atoms with E-state index < -0.39 is 0 Å². The van der Waals surface area contributed by atoms with Crippen LogP contribution in [0.25, 0.3) is 0 Å². The molecule has 2 rings (SSSR count). The standard InChI is InChI=1S/C18H18N2O3S/c1-3-23-16-6-4-5-14(11-16)17(22)20-18(24)19-15-9-7-13(8-10-15)12(2)21/h4-11H,3H2,1-2H3,(H2,19,20,22,24). The minimum Gasteiger partial charge on any atom is -0.494 e. The summed E-state index contributed by atoms with van der Waals surface area (Å²) in [7, 11) is 0. The fraction of sp³-hybridized carbons (Fsp3) is 0.167. The van der Waals surface area contributed by atoms with Crippen molar-refractivity contribution in [1.82, 2.24) is 5.32 Å². The lowest BCUT2D eigenvalue weighted by atomic mass is 10.1. The van der Waals surface area contributed by atoms with Gasteiger partial charge >= 0.3 is 0 Å². The van der Waals surface area contributed by atoms with Crippen molar-refractivity contribution in [2.45, 2.75) is 13.8 Å². The molecule has 0 aliphatic rings. The number of ether oxygens (including phenoxy) is 1. The van der Waals surface area contributed by atoms with Gasteiger partial charge in [-0.05, 0) is 68.5 Å². The van der Waals surface area contributed by atoms with Crippen molar-refractivity contribution in [1.29, 1.82) is 0 Å². The van der Waals surface area contributed by atoms with Crippen LogP contribution in [0.4, 0.5) is 5.69 Å². The second kappa shape index (κ2) is 8.21. The molecule has 0 aromatic heterocycles. The predicted octanol–water partition coefficient (Wildman–Crippen LogP) is 3.41. The molecule has 0 fully saturated rings. The summed E-state index contributed by atoms with van der Waals surface area (Å²) in [6.07, 6.45) is 0. The molecule has 2 aromatic rings. The number of carbonyl (C=O) groups is 2. The lowest BCUT2D eigenvalue weighted by Gasteiger charge is -2.10. The van der Waals surface area contributed by atoms with Gasteiger partial charge in [0.2, 0.25) is 0 Å². The van der Waals surface area contributed by atoms with Crippen LogP contribution in [0.5, 0.6) is 5.75 Å². The smallest absolute Gasteiger partial charge is 0.257 e. The average molecular weight is 342 g/mol. The van der Waals surface area contributed by atoms with Crippen LogP contribution in [0.15, 0.2) is 48.5 Å². The van der Waals surface area contributed by atoms with Gasteiger partial charge in [0.25, 0.3) is 5.91 Å². The lowest BCUT2D eigenvalue weighted by Crippen LogP contribution is -2.34. The van der Waals surface area contributed by atoms with Crippen LogP contribution in [-0.2, 0) is 0 Å². The molecule has 124 valence electrons. The predicted molar refractivity (Wildman–Crippen MR) is 97.7 cm³/mol. The first-order valence-corrected chi connectivity index (χ1v) is 7.86. The van der Waals surface area contributed by atoms with Crippen molar-refractivity contribution in [3.63, 3.8) is 0 Å². The second-order valence-electron chi connectivity index (χ2n) is 5.00. The molecular formula is C18H18N2O3S. The van der Waals surface area contributed by atoms with Crippen LogP contribution >= 0.6 is 12.2 Å². The molecule has 0 saturated carbocycles. The largest absolute Gasteiger partial charge is 0.494 e. The molecule has 2 aromatic carbocycles. The Hall–Kier alpha value is -2.73. The van der Waals surface area contributed by atoms with Crippen molar-refractivity contribution >= 4 is 34.7 Å². The van der Waals surface area contributed by atoms with Gasteiger partial charge in [-0.25, -0.2) is 0 Å². The molecule has 6 heteroatoms. The van der Waals surface area contributed by atoms with Crippen molar-refractivity contribution in [2.24, 2.45) is 0 Å². The van der Waals surface area contributed by atoms with E-state index in [9.17, 15) is 9.59 Å². The molecule has 0 heterocycles. The second-order valence-corrected chi connectivity index (χ2v) is 5.41. The van der Waals surface area contributed by atoms with Gasteiger partial charge in [-0.15, -0.1) is 0 Å². The number of hydrogen-bond acceptors (Lipinski definition) is 4. The Labute approximate surface area is 146 Å². The van der Waals surface area contributed by atoms with Gasteiger partial charge in [0.15, 0.2) is 10.9 Å². The number of ketones is 1. The number of amides is 1. The summed E-state index contributed by atoms with van der Waals surface area (Å²) in [5, 5.41) is 5.69. The van der Waals surface area contributed by atoms with E-state index in [0.717, 1.165) is 0 Å². The Balaban J connectivity index is 1.97. The van der Waals surface area contributed by atoms with Crippen LogP contribution in [-0.4, -0.2) is 23.4 Å². The lowest BCUT2D eigenvalue weighted by molar-refractivity contribution is 0.0975. The third kappa shape index (κ3) is 4.89. The van der Waals surface area contributed by atoms with E-state index in [1.54, 1.807) is 48.5 Å². The molecule has 0 bridgehead atoms. The number of anilines is 1. The highest BCUT2D eigenvalue weighted by molar-refractivity contribution is 7.80. The summed E-state index contributed by atoms with van der Waals surface area (Å²) in [6.45, 7) is 3.91. The number of Topliss-reactive ketones (excluding diaryl/α,β-unsaturated/α-hetero) is 1. The van der Waals surface area contributed by atoms with Gasteiger partial charge in [-0.1, -0.05) is 6.07 Å². The number of hydrogen-bond donors (Lipinski definition) is 2. The van der Waals surface area contributed by atoms with E-state index in [-0.39, 0.29) is 16.8 Å². The van der Waals surface area contributed by atoms with Crippen LogP contribution in [0.1, 0.15) is 34.6 Å². The Morgan fingerprint density at radius 2 is 1.79 bits per heavy atom. The maximum absolute atomic E-state index is 12.2. The zero-order valence-electron chi connectivity index (χ0n) is 13.5. The molecule has 0 unspecified atom stereocenters. The molecule has 0 radical (unpaired) electrons. The first-order chi connectivity index (χ1) is 11.5. The number of carbonyl (C=O) groups excluding carboxylic acids is 2. The van der Waals surface area contributed by atoms with Crippen molar-refractivity contribution in [3.8, 4) is 5.75 Å². The van der Waals surface area contributed by atoms with Crippen LogP contribution in [0, 0.1) is 0 Å². The van der Waals surface area contributed by atoms with E-state index in [4.69, 9.17) is 17.0 Å². The maximum atomic E-state index is 12.2. The molecule has 0 aliphatic carbocycles.